The van der Waals surface area contributed by atoms with E-state index in [-0.39, 0.29) is 11.4 Å². The van der Waals surface area contributed by atoms with Crippen molar-refractivity contribution in [2.24, 2.45) is 0 Å². The smallest absolute Gasteiger partial charge is 0.267 e. The second-order valence-electron chi connectivity index (χ2n) is 5.38. The average molecular weight is 358 g/mol. The number of rotatable bonds is 6. The molecule has 4 nitrogen and oxygen atoms in total. The molecular formula is C19H17ClFN3O. The molecule has 128 valence electrons. The molecule has 0 spiro atoms. The van der Waals surface area contributed by atoms with Gasteiger partial charge in [0.2, 0.25) is 0 Å². The highest BCUT2D eigenvalue weighted by molar-refractivity contribution is 6.31. The molecule has 0 unspecified atom stereocenters. The van der Waals surface area contributed by atoms with Gasteiger partial charge in [0.05, 0.1) is 0 Å². The highest BCUT2D eigenvalue weighted by Gasteiger charge is 2.11. The predicted octanol–water partition coefficient (Wildman–Crippen LogP) is 3.97. The van der Waals surface area contributed by atoms with Gasteiger partial charge in [-0.3, -0.25) is 4.79 Å². The lowest BCUT2D eigenvalue weighted by Gasteiger charge is -2.08. The summed E-state index contributed by atoms with van der Waals surface area (Å²) in [6, 6.07) is 13.4. The number of amides is 1. The van der Waals surface area contributed by atoms with E-state index < -0.39 is 5.91 Å². The number of carbonyl (C=O) groups excluding carboxylic acids is 1. The zero-order valence-electron chi connectivity index (χ0n) is 13.6. The Morgan fingerprint density at radius 3 is 2.80 bits per heavy atom. The monoisotopic (exact) mass is 357 g/mol. The van der Waals surface area contributed by atoms with E-state index in [2.05, 4.69) is 10.6 Å². The lowest BCUT2D eigenvalue weighted by molar-refractivity contribution is -0.112. The summed E-state index contributed by atoms with van der Waals surface area (Å²) in [7, 11) is 0. The standard InChI is InChI=1S/C19H17ClFN3O/c1-13-6-7-16(20)10-18(13)24-19(25)15(11-22)12-23-9-8-14-4-2-3-5-17(14)21/h2-7,10,12,23H,8-9H2,1H3,(H,24,25)/b15-12-. The third-order valence-corrected chi connectivity index (χ3v) is 3.79. The van der Waals surface area contributed by atoms with Crippen molar-refractivity contribution < 1.29 is 9.18 Å². The van der Waals surface area contributed by atoms with Crippen LogP contribution in [0.2, 0.25) is 5.02 Å². The van der Waals surface area contributed by atoms with Crippen molar-refractivity contribution in [2.45, 2.75) is 13.3 Å². The van der Waals surface area contributed by atoms with Crippen LogP contribution in [0.15, 0.2) is 54.2 Å². The molecule has 0 fully saturated rings. The van der Waals surface area contributed by atoms with Gasteiger partial charge >= 0.3 is 0 Å². The van der Waals surface area contributed by atoms with Crippen molar-refractivity contribution in [3.05, 3.63) is 76.2 Å². The van der Waals surface area contributed by atoms with Gasteiger partial charge in [-0.1, -0.05) is 35.9 Å². The average Bonchev–Trinajstić information content (AvgIpc) is 2.59. The van der Waals surface area contributed by atoms with E-state index in [4.69, 9.17) is 16.9 Å². The molecule has 6 heteroatoms. The summed E-state index contributed by atoms with van der Waals surface area (Å²) in [6.45, 7) is 2.23. The predicted molar refractivity (Wildman–Crippen MR) is 96.6 cm³/mol. The number of anilines is 1. The maximum Gasteiger partial charge on any atom is 0.267 e. The number of nitrogens with zero attached hydrogens (tertiary/aromatic N) is 1. The molecule has 0 aromatic heterocycles. The molecule has 0 heterocycles. The van der Waals surface area contributed by atoms with E-state index in [0.717, 1.165) is 5.56 Å². The number of carbonyl (C=O) groups is 1. The van der Waals surface area contributed by atoms with Crippen LogP contribution < -0.4 is 10.6 Å². The molecule has 2 N–H and O–H groups in total. The first-order valence-corrected chi connectivity index (χ1v) is 8.03. The minimum Gasteiger partial charge on any atom is -0.389 e. The van der Waals surface area contributed by atoms with Crippen molar-refractivity contribution >= 4 is 23.2 Å². The molecule has 0 atom stereocenters. The number of halogens is 2. The third kappa shape index (κ3) is 5.33. The summed E-state index contributed by atoms with van der Waals surface area (Å²) in [5, 5.41) is 15.2. The minimum absolute atomic E-state index is 0.0760. The molecule has 25 heavy (non-hydrogen) atoms. The first-order chi connectivity index (χ1) is 12.0. The van der Waals surface area contributed by atoms with E-state index in [9.17, 15) is 9.18 Å². The molecule has 0 radical (unpaired) electrons. The van der Waals surface area contributed by atoms with Crippen molar-refractivity contribution in [3.63, 3.8) is 0 Å². The summed E-state index contributed by atoms with van der Waals surface area (Å²) in [4.78, 5) is 12.2. The van der Waals surface area contributed by atoms with E-state index in [1.165, 1.54) is 12.3 Å². The first kappa shape index (κ1) is 18.5. The molecule has 2 aromatic carbocycles. The Labute approximate surface area is 150 Å². The van der Waals surface area contributed by atoms with Crippen LogP contribution >= 0.6 is 11.6 Å². The third-order valence-electron chi connectivity index (χ3n) is 3.56. The molecule has 0 aliphatic heterocycles. The van der Waals surface area contributed by atoms with Crippen molar-refractivity contribution in [2.75, 3.05) is 11.9 Å². The summed E-state index contributed by atoms with van der Waals surface area (Å²) < 4.78 is 13.5. The molecule has 0 aliphatic carbocycles. The second kappa shape index (κ2) is 8.86. The molecular weight excluding hydrogens is 341 g/mol. The van der Waals surface area contributed by atoms with Gasteiger partial charge in [-0.25, -0.2) is 4.39 Å². The minimum atomic E-state index is -0.536. The fourth-order valence-electron chi connectivity index (χ4n) is 2.15. The zero-order chi connectivity index (χ0) is 18.2. The van der Waals surface area contributed by atoms with Crippen molar-refractivity contribution in [1.29, 1.82) is 5.26 Å². The van der Waals surface area contributed by atoms with Crippen LogP contribution in [-0.2, 0) is 11.2 Å². The molecule has 1 amide bonds. The number of nitrogens with one attached hydrogen (secondary N) is 2. The Morgan fingerprint density at radius 2 is 2.08 bits per heavy atom. The highest BCUT2D eigenvalue weighted by Crippen LogP contribution is 2.20. The van der Waals surface area contributed by atoms with Crippen molar-refractivity contribution in [3.8, 4) is 6.07 Å². The summed E-state index contributed by atoms with van der Waals surface area (Å²) in [5.74, 6) is -0.811. The normalized spacial score (nSPS) is 10.9. The number of aryl methyl sites for hydroxylation is 1. The van der Waals surface area contributed by atoms with Gasteiger partial charge < -0.3 is 10.6 Å². The first-order valence-electron chi connectivity index (χ1n) is 7.66. The largest absolute Gasteiger partial charge is 0.389 e. The number of hydrogen-bond donors (Lipinski definition) is 2. The van der Waals surface area contributed by atoms with Gasteiger partial charge in [-0.05, 0) is 42.7 Å². The van der Waals surface area contributed by atoms with Crippen LogP contribution in [0, 0.1) is 24.1 Å². The fourth-order valence-corrected chi connectivity index (χ4v) is 2.32. The van der Waals surface area contributed by atoms with Gasteiger partial charge in [0, 0.05) is 23.5 Å². The van der Waals surface area contributed by atoms with Crippen LogP contribution in [-0.4, -0.2) is 12.5 Å². The van der Waals surface area contributed by atoms with E-state index in [1.54, 1.807) is 36.4 Å². The molecule has 0 bridgehead atoms. The van der Waals surface area contributed by atoms with Gasteiger partial charge in [0.15, 0.2) is 0 Å². The Kier molecular flexibility index (Phi) is 6.55. The van der Waals surface area contributed by atoms with E-state index in [1.807, 2.05) is 13.0 Å². The lowest BCUT2D eigenvalue weighted by atomic mass is 10.1. The molecule has 0 aliphatic rings. The second-order valence-corrected chi connectivity index (χ2v) is 5.82. The Bertz CT molecular complexity index is 843. The van der Waals surface area contributed by atoms with Gasteiger partial charge in [0.1, 0.15) is 17.5 Å². The van der Waals surface area contributed by atoms with Crippen molar-refractivity contribution in [1.82, 2.24) is 5.32 Å². The number of nitriles is 1. The summed E-state index contributed by atoms with van der Waals surface area (Å²) in [5.41, 5.74) is 1.88. The Morgan fingerprint density at radius 1 is 1.32 bits per heavy atom. The fraction of sp³-hybridized carbons (Fsp3) is 0.158. The van der Waals surface area contributed by atoms with Crippen LogP contribution in [0.3, 0.4) is 0 Å². The SMILES string of the molecule is Cc1ccc(Cl)cc1NC(=O)/C(C#N)=C\NCCc1ccccc1F. The number of hydrogen-bond acceptors (Lipinski definition) is 3. The van der Waals surface area contributed by atoms with Crippen LogP contribution in [0.25, 0.3) is 0 Å². The van der Waals surface area contributed by atoms with Crippen LogP contribution in [0.4, 0.5) is 10.1 Å². The zero-order valence-corrected chi connectivity index (χ0v) is 14.4. The van der Waals surface area contributed by atoms with Crippen LogP contribution in [0.5, 0.6) is 0 Å². The van der Waals surface area contributed by atoms with Gasteiger partial charge in [0.25, 0.3) is 5.91 Å². The highest BCUT2D eigenvalue weighted by atomic mass is 35.5. The topological polar surface area (TPSA) is 64.9 Å². The molecule has 0 saturated carbocycles. The quantitative estimate of drug-likeness (QED) is 0.467. The lowest BCUT2D eigenvalue weighted by Crippen LogP contribution is -2.18. The maximum atomic E-state index is 13.5. The Hall–Kier alpha value is -2.84. The molecule has 2 aromatic rings. The van der Waals surface area contributed by atoms with E-state index in [0.29, 0.717) is 29.2 Å². The van der Waals surface area contributed by atoms with Crippen LogP contribution in [0.1, 0.15) is 11.1 Å². The van der Waals surface area contributed by atoms with Gasteiger partial charge in [-0.2, -0.15) is 5.26 Å². The maximum absolute atomic E-state index is 13.5. The number of benzene rings is 2. The summed E-state index contributed by atoms with van der Waals surface area (Å²) in [6.07, 6.45) is 1.77. The van der Waals surface area contributed by atoms with Gasteiger partial charge in [-0.15, -0.1) is 0 Å². The Balaban J connectivity index is 1.95. The van der Waals surface area contributed by atoms with E-state index >= 15 is 0 Å². The summed E-state index contributed by atoms with van der Waals surface area (Å²) >= 11 is 5.91. The molecule has 0 saturated heterocycles. The molecule has 2 rings (SSSR count).